The molecule has 0 unspecified atom stereocenters. The van der Waals surface area contributed by atoms with E-state index in [-0.39, 0.29) is 24.4 Å². The topological polar surface area (TPSA) is 110 Å². The zero-order valence-corrected chi connectivity index (χ0v) is 22.9. The van der Waals surface area contributed by atoms with Gasteiger partial charge in [-0.25, -0.2) is 4.79 Å². The van der Waals surface area contributed by atoms with Crippen molar-refractivity contribution in [2.24, 2.45) is 0 Å². The van der Waals surface area contributed by atoms with E-state index >= 15 is 0 Å². The molecule has 9 heteroatoms. The summed E-state index contributed by atoms with van der Waals surface area (Å²) in [6.45, 7) is 6.74. The third-order valence-electron chi connectivity index (χ3n) is 6.15. The molecule has 1 aliphatic heterocycles. The van der Waals surface area contributed by atoms with Gasteiger partial charge in [0.25, 0.3) is 0 Å². The number of hydrogen-bond donors (Lipinski definition) is 1. The number of ketones is 1. The number of rotatable bonds is 13. The maximum atomic E-state index is 14.0. The molecule has 1 N–H and O–H groups in total. The molecule has 4 rings (SSSR count). The number of fused-ring (bicyclic) bond motifs is 1. The second-order valence-corrected chi connectivity index (χ2v) is 8.68. The molecule has 0 saturated carbocycles. The van der Waals surface area contributed by atoms with E-state index in [1.807, 2.05) is 20.8 Å². The number of benzene rings is 3. The Bertz CT molecular complexity index is 1380. The van der Waals surface area contributed by atoms with Crippen LogP contribution in [0.1, 0.15) is 42.3 Å². The second kappa shape index (κ2) is 12.9. The highest BCUT2D eigenvalue weighted by molar-refractivity contribution is 6.26. The molecule has 0 amide bonds. The Balaban J connectivity index is 1.90. The zero-order valence-electron chi connectivity index (χ0n) is 22.9. The standard InChI is InChI=1S/C31H32O9/c1-5-36-26-15-19(16-27(37-6-2)30(26)38-7-3)14-23(29(32)20-8-11-22(35-4)12-9-20)28(31(33)34)21-10-13-24-25(17-21)40-18-39-24/h8-13,15-17H,5-7,14,18H2,1-4H3,(H,33,34). The largest absolute Gasteiger partial charge is 0.497 e. The molecule has 40 heavy (non-hydrogen) atoms. The minimum absolute atomic E-state index is 0.0203. The van der Waals surface area contributed by atoms with Crippen molar-refractivity contribution in [1.29, 1.82) is 0 Å². The van der Waals surface area contributed by atoms with Crippen LogP contribution < -0.4 is 28.4 Å². The lowest BCUT2D eigenvalue weighted by atomic mass is 9.89. The van der Waals surface area contributed by atoms with Gasteiger partial charge in [-0.15, -0.1) is 0 Å². The molecule has 9 nitrogen and oxygen atoms in total. The molecular formula is C31H32O9. The van der Waals surface area contributed by atoms with E-state index in [1.165, 1.54) is 7.11 Å². The molecule has 0 aromatic heterocycles. The van der Waals surface area contributed by atoms with Crippen molar-refractivity contribution in [2.75, 3.05) is 33.7 Å². The van der Waals surface area contributed by atoms with Crippen LogP contribution in [0.3, 0.4) is 0 Å². The van der Waals surface area contributed by atoms with Gasteiger partial charge in [-0.2, -0.15) is 0 Å². The van der Waals surface area contributed by atoms with Gasteiger partial charge in [0.2, 0.25) is 12.5 Å². The molecule has 3 aromatic rings. The molecule has 3 aromatic carbocycles. The van der Waals surface area contributed by atoms with Crippen LogP contribution in [0.25, 0.3) is 5.57 Å². The van der Waals surface area contributed by atoms with E-state index in [9.17, 15) is 14.7 Å². The van der Waals surface area contributed by atoms with E-state index in [0.29, 0.717) is 71.0 Å². The molecule has 0 radical (unpaired) electrons. The first-order chi connectivity index (χ1) is 19.4. The lowest BCUT2D eigenvalue weighted by Gasteiger charge is -2.18. The highest BCUT2D eigenvalue weighted by Crippen LogP contribution is 2.41. The van der Waals surface area contributed by atoms with Crippen molar-refractivity contribution in [3.63, 3.8) is 0 Å². The third kappa shape index (κ3) is 6.14. The fourth-order valence-electron chi connectivity index (χ4n) is 4.43. The molecule has 210 valence electrons. The predicted octanol–water partition coefficient (Wildman–Crippen LogP) is 5.58. The van der Waals surface area contributed by atoms with E-state index < -0.39 is 11.8 Å². The van der Waals surface area contributed by atoms with Gasteiger partial charge in [0.1, 0.15) is 5.75 Å². The first-order valence-corrected chi connectivity index (χ1v) is 13.0. The molecule has 0 fully saturated rings. The van der Waals surface area contributed by atoms with E-state index in [1.54, 1.807) is 54.6 Å². The fourth-order valence-corrected chi connectivity index (χ4v) is 4.43. The quantitative estimate of drug-likeness (QED) is 0.216. The number of methoxy groups -OCH3 is 1. The summed E-state index contributed by atoms with van der Waals surface area (Å²) in [4.78, 5) is 26.8. The zero-order chi connectivity index (χ0) is 28.6. The second-order valence-electron chi connectivity index (χ2n) is 8.68. The Hall–Kier alpha value is -4.66. The number of aliphatic carboxylic acids is 1. The Morgan fingerprint density at radius 3 is 1.98 bits per heavy atom. The summed E-state index contributed by atoms with van der Waals surface area (Å²) in [6, 6.07) is 14.8. The summed E-state index contributed by atoms with van der Waals surface area (Å²) < 4.78 is 33.6. The van der Waals surface area contributed by atoms with Crippen LogP contribution in [0, 0.1) is 0 Å². The normalized spacial score (nSPS) is 12.4. The number of ether oxygens (including phenoxy) is 6. The molecule has 0 spiro atoms. The van der Waals surface area contributed by atoms with Gasteiger partial charge in [-0.1, -0.05) is 6.07 Å². The average molecular weight is 549 g/mol. The van der Waals surface area contributed by atoms with Crippen molar-refractivity contribution in [1.82, 2.24) is 0 Å². The monoisotopic (exact) mass is 548 g/mol. The first-order valence-electron chi connectivity index (χ1n) is 13.0. The van der Waals surface area contributed by atoms with Crippen molar-refractivity contribution in [3.05, 3.63) is 76.9 Å². The van der Waals surface area contributed by atoms with Crippen LogP contribution >= 0.6 is 0 Å². The highest BCUT2D eigenvalue weighted by Gasteiger charge is 2.27. The van der Waals surface area contributed by atoms with Gasteiger partial charge >= 0.3 is 5.97 Å². The molecular weight excluding hydrogens is 516 g/mol. The van der Waals surface area contributed by atoms with Gasteiger partial charge in [-0.05, 0) is 80.4 Å². The summed E-state index contributed by atoms with van der Waals surface area (Å²) in [7, 11) is 1.53. The molecule has 0 bridgehead atoms. The minimum Gasteiger partial charge on any atom is -0.497 e. The summed E-state index contributed by atoms with van der Waals surface area (Å²) in [5, 5.41) is 10.4. The Kier molecular flexibility index (Phi) is 9.16. The maximum Gasteiger partial charge on any atom is 0.336 e. The Morgan fingerprint density at radius 2 is 1.40 bits per heavy atom. The van der Waals surface area contributed by atoms with Crippen molar-refractivity contribution in [3.8, 4) is 34.5 Å². The Morgan fingerprint density at radius 1 is 0.800 bits per heavy atom. The van der Waals surface area contributed by atoms with Crippen LogP contribution in [-0.4, -0.2) is 50.6 Å². The van der Waals surface area contributed by atoms with Gasteiger partial charge < -0.3 is 33.5 Å². The van der Waals surface area contributed by atoms with Crippen LogP contribution in [0.5, 0.6) is 34.5 Å². The number of allylic oxidation sites excluding steroid dienone is 1. The van der Waals surface area contributed by atoms with Crippen molar-refractivity contribution >= 4 is 17.3 Å². The van der Waals surface area contributed by atoms with Gasteiger partial charge in [-0.3, -0.25) is 4.79 Å². The number of carboxylic acid groups (broad SMARTS) is 1. The number of hydrogen-bond acceptors (Lipinski definition) is 8. The maximum absolute atomic E-state index is 14.0. The Labute approximate surface area is 232 Å². The lowest BCUT2D eigenvalue weighted by molar-refractivity contribution is -0.130. The van der Waals surface area contributed by atoms with Crippen molar-refractivity contribution < 1.29 is 43.1 Å². The summed E-state index contributed by atoms with van der Waals surface area (Å²) in [6.07, 6.45) is -0.0203. The molecule has 1 heterocycles. The van der Waals surface area contributed by atoms with Gasteiger partial charge in [0.15, 0.2) is 28.8 Å². The summed E-state index contributed by atoms with van der Waals surface area (Å²) in [5.41, 5.74) is 1.17. The number of Topliss-reactive ketones (excluding diaryl/α,β-unsaturated/α-hetero) is 1. The fraction of sp³-hybridized carbons (Fsp3) is 0.290. The van der Waals surface area contributed by atoms with Gasteiger partial charge in [0.05, 0.1) is 32.5 Å². The predicted molar refractivity (Wildman–Crippen MR) is 148 cm³/mol. The van der Waals surface area contributed by atoms with E-state index in [0.717, 1.165) is 0 Å². The third-order valence-corrected chi connectivity index (χ3v) is 6.15. The molecule has 1 aliphatic rings. The van der Waals surface area contributed by atoms with Crippen LogP contribution in [0.4, 0.5) is 0 Å². The van der Waals surface area contributed by atoms with E-state index in [2.05, 4.69) is 0 Å². The minimum atomic E-state index is -1.25. The molecule has 0 saturated heterocycles. The first kappa shape index (κ1) is 28.4. The van der Waals surface area contributed by atoms with Crippen LogP contribution in [0.2, 0.25) is 0 Å². The number of carbonyl (C=O) groups excluding carboxylic acids is 1. The van der Waals surface area contributed by atoms with Crippen molar-refractivity contribution in [2.45, 2.75) is 27.2 Å². The van der Waals surface area contributed by atoms with E-state index in [4.69, 9.17) is 28.4 Å². The molecule has 0 atom stereocenters. The smallest absolute Gasteiger partial charge is 0.336 e. The lowest BCUT2D eigenvalue weighted by Crippen LogP contribution is -2.14. The van der Waals surface area contributed by atoms with Crippen LogP contribution in [0.15, 0.2) is 60.2 Å². The molecule has 0 aliphatic carbocycles. The average Bonchev–Trinajstić information content (AvgIpc) is 3.42. The number of carboxylic acids is 1. The summed E-state index contributed by atoms with van der Waals surface area (Å²) in [5.74, 6) is 1.14. The van der Waals surface area contributed by atoms with Crippen LogP contribution in [-0.2, 0) is 11.2 Å². The number of carbonyl (C=O) groups is 2. The SMILES string of the molecule is CCOc1cc(CC(C(=O)c2ccc(OC)cc2)=C(C(=O)O)c2ccc3c(c2)OCO3)cc(OCC)c1OCC. The van der Waals surface area contributed by atoms with Gasteiger partial charge in [0, 0.05) is 17.6 Å². The summed E-state index contributed by atoms with van der Waals surface area (Å²) >= 11 is 0. The highest BCUT2D eigenvalue weighted by atomic mass is 16.7.